The Bertz CT molecular complexity index is 1620. The van der Waals surface area contributed by atoms with Crippen LogP contribution in [-0.2, 0) is 6.61 Å². The number of fused-ring (bicyclic) bond motifs is 2. The number of nitrogens with zero attached hydrogens (tertiary/aromatic N) is 1. The van der Waals surface area contributed by atoms with Gasteiger partial charge in [-0.05, 0) is 58.8 Å². The minimum atomic E-state index is -0.979. The third-order valence-electron chi connectivity index (χ3n) is 5.59. The van der Waals surface area contributed by atoms with Gasteiger partial charge in [0.25, 0.3) is 0 Å². The first-order valence-corrected chi connectivity index (χ1v) is 11.8. The van der Waals surface area contributed by atoms with Crippen LogP contribution in [0.15, 0.2) is 98.9 Å². The lowest BCUT2D eigenvalue weighted by atomic mass is 10.0. The summed E-state index contributed by atoms with van der Waals surface area (Å²) < 4.78 is 12.6. The van der Waals surface area contributed by atoms with Gasteiger partial charge in [0.2, 0.25) is 0 Å². The zero-order valence-corrected chi connectivity index (χ0v) is 20.4. The number of furan rings is 1. The first-order chi connectivity index (χ1) is 17.5. The number of carbonyl (C=O) groups excluding carboxylic acids is 1. The molecule has 1 amide bonds. The number of nitrogens with one attached hydrogen (secondary N) is 1. The van der Waals surface area contributed by atoms with Gasteiger partial charge < -0.3 is 14.3 Å². The van der Waals surface area contributed by atoms with Gasteiger partial charge >= 0.3 is 11.9 Å². The Balaban J connectivity index is 1.37. The zero-order chi connectivity index (χ0) is 25.1. The van der Waals surface area contributed by atoms with Crippen molar-refractivity contribution in [2.75, 3.05) is 0 Å². The van der Waals surface area contributed by atoms with E-state index in [0.29, 0.717) is 16.9 Å². The van der Waals surface area contributed by atoms with Crippen molar-refractivity contribution in [3.63, 3.8) is 0 Å². The molecule has 0 unspecified atom stereocenters. The number of amides is 1. The number of carboxylic acids is 1. The van der Waals surface area contributed by atoms with Crippen molar-refractivity contribution in [1.82, 2.24) is 5.43 Å². The molecule has 7 nitrogen and oxygen atoms in total. The number of ether oxygens (including phenoxy) is 1. The van der Waals surface area contributed by atoms with E-state index < -0.39 is 11.9 Å². The molecule has 5 rings (SSSR count). The molecule has 0 bridgehead atoms. The highest BCUT2D eigenvalue weighted by Crippen LogP contribution is 2.28. The molecule has 1 heterocycles. The predicted octanol–water partition coefficient (Wildman–Crippen LogP) is 6.39. The average Bonchev–Trinajstić information content (AvgIpc) is 3.31. The summed E-state index contributed by atoms with van der Waals surface area (Å²) in [6.45, 7) is 0.236. The van der Waals surface area contributed by atoms with E-state index in [1.54, 1.807) is 30.5 Å². The molecule has 0 aliphatic heterocycles. The number of hydrogen-bond acceptors (Lipinski definition) is 5. The zero-order valence-electron chi connectivity index (χ0n) is 18.8. The summed E-state index contributed by atoms with van der Waals surface area (Å²) in [5.74, 6) is -0.727. The highest BCUT2D eigenvalue weighted by Gasteiger charge is 2.13. The SMILES string of the molecule is O=C(O)c1ccc(COc2ccc3ccccc3c2/C=N/NC(=O)c2cc3cc(Br)ccc3o2)cc1. The second kappa shape index (κ2) is 10.1. The number of hydrazone groups is 1. The highest BCUT2D eigenvalue weighted by molar-refractivity contribution is 9.10. The van der Waals surface area contributed by atoms with Gasteiger partial charge in [-0.25, -0.2) is 10.2 Å². The lowest BCUT2D eigenvalue weighted by Gasteiger charge is -2.12. The normalized spacial score (nSPS) is 11.2. The molecule has 0 fully saturated rings. The van der Waals surface area contributed by atoms with Gasteiger partial charge in [0, 0.05) is 15.4 Å². The van der Waals surface area contributed by atoms with Crippen LogP contribution in [-0.4, -0.2) is 23.2 Å². The van der Waals surface area contributed by atoms with E-state index >= 15 is 0 Å². The maximum atomic E-state index is 12.6. The molecule has 0 atom stereocenters. The third kappa shape index (κ3) is 4.99. The minimum absolute atomic E-state index is 0.152. The number of aromatic carboxylic acids is 1. The number of carboxylic acid groups (broad SMARTS) is 1. The lowest BCUT2D eigenvalue weighted by molar-refractivity contribution is 0.0696. The molecule has 0 aliphatic rings. The molecule has 4 aromatic carbocycles. The van der Waals surface area contributed by atoms with Crippen molar-refractivity contribution in [2.24, 2.45) is 5.10 Å². The van der Waals surface area contributed by atoms with Crippen molar-refractivity contribution in [3.8, 4) is 5.75 Å². The quantitative estimate of drug-likeness (QED) is 0.183. The van der Waals surface area contributed by atoms with Gasteiger partial charge in [0.1, 0.15) is 17.9 Å². The summed E-state index contributed by atoms with van der Waals surface area (Å²) in [6.07, 6.45) is 1.54. The number of halogens is 1. The average molecular weight is 543 g/mol. The maximum Gasteiger partial charge on any atom is 0.335 e. The number of carbonyl (C=O) groups is 2. The topological polar surface area (TPSA) is 101 Å². The third-order valence-corrected chi connectivity index (χ3v) is 6.08. The van der Waals surface area contributed by atoms with Crippen molar-refractivity contribution >= 4 is 55.8 Å². The van der Waals surface area contributed by atoms with E-state index in [2.05, 4.69) is 26.5 Å². The van der Waals surface area contributed by atoms with Gasteiger partial charge in [0.05, 0.1) is 11.8 Å². The molecule has 1 aromatic heterocycles. The van der Waals surface area contributed by atoms with Crippen molar-refractivity contribution in [1.29, 1.82) is 0 Å². The number of hydrogen-bond donors (Lipinski definition) is 2. The Hall–Kier alpha value is -4.43. The van der Waals surface area contributed by atoms with Crippen molar-refractivity contribution in [3.05, 3.63) is 112 Å². The van der Waals surface area contributed by atoms with Crippen LogP contribution in [0.4, 0.5) is 0 Å². The molecule has 5 aromatic rings. The molecule has 0 radical (unpaired) electrons. The molecule has 178 valence electrons. The fraction of sp³-hybridized carbons (Fsp3) is 0.0357. The molecule has 36 heavy (non-hydrogen) atoms. The van der Waals surface area contributed by atoms with E-state index in [0.717, 1.165) is 26.2 Å². The summed E-state index contributed by atoms with van der Waals surface area (Å²) >= 11 is 3.41. The van der Waals surface area contributed by atoms with Crippen LogP contribution in [0.25, 0.3) is 21.7 Å². The standard InChI is InChI=1S/C28H19BrN2O5/c29-21-10-12-24-20(13-21)14-26(36-24)27(32)31-30-15-23-22-4-2-1-3-18(22)9-11-25(23)35-16-17-5-7-19(8-6-17)28(33)34/h1-15H,16H2,(H,31,32)(H,33,34)/b30-15+. The molecule has 0 saturated heterocycles. The lowest BCUT2D eigenvalue weighted by Crippen LogP contribution is -2.16. The first kappa shape index (κ1) is 23.3. The second-order valence-electron chi connectivity index (χ2n) is 7.98. The first-order valence-electron chi connectivity index (χ1n) is 11.0. The van der Waals surface area contributed by atoms with E-state index in [9.17, 15) is 9.59 Å². The fourth-order valence-corrected chi connectivity index (χ4v) is 4.15. The summed E-state index contributed by atoms with van der Waals surface area (Å²) in [4.78, 5) is 23.7. The van der Waals surface area contributed by atoms with E-state index in [-0.39, 0.29) is 17.9 Å². The van der Waals surface area contributed by atoms with Crippen molar-refractivity contribution in [2.45, 2.75) is 6.61 Å². The Morgan fingerprint density at radius 3 is 2.58 bits per heavy atom. The summed E-state index contributed by atoms with van der Waals surface area (Å²) in [5, 5.41) is 15.9. The minimum Gasteiger partial charge on any atom is -0.488 e. The molecular weight excluding hydrogens is 524 g/mol. The number of benzene rings is 4. The molecule has 0 spiro atoms. The van der Waals surface area contributed by atoms with Gasteiger partial charge in [-0.3, -0.25) is 4.79 Å². The van der Waals surface area contributed by atoms with Crippen molar-refractivity contribution < 1.29 is 23.8 Å². The van der Waals surface area contributed by atoms with Gasteiger partial charge in [-0.15, -0.1) is 0 Å². The molecule has 2 N–H and O–H groups in total. The highest BCUT2D eigenvalue weighted by atomic mass is 79.9. The van der Waals surface area contributed by atoms with Crippen LogP contribution in [0, 0.1) is 0 Å². The monoisotopic (exact) mass is 542 g/mol. The predicted molar refractivity (Wildman–Crippen MR) is 141 cm³/mol. The van der Waals surface area contributed by atoms with Gasteiger partial charge in [0.15, 0.2) is 5.76 Å². The second-order valence-corrected chi connectivity index (χ2v) is 8.90. The summed E-state index contributed by atoms with van der Waals surface area (Å²) in [7, 11) is 0. The molecular formula is C28H19BrN2O5. The van der Waals surface area contributed by atoms with Gasteiger partial charge in [-0.1, -0.05) is 58.4 Å². The summed E-state index contributed by atoms with van der Waals surface area (Å²) in [6, 6.07) is 25.2. The van der Waals surface area contributed by atoms with Crippen LogP contribution in [0.2, 0.25) is 0 Å². The maximum absolute atomic E-state index is 12.6. The fourth-order valence-electron chi connectivity index (χ4n) is 3.78. The Labute approximate surface area is 214 Å². The van der Waals surface area contributed by atoms with Gasteiger partial charge in [-0.2, -0.15) is 5.10 Å². The Kier molecular flexibility index (Phi) is 6.51. The molecule has 0 aliphatic carbocycles. The Morgan fingerprint density at radius 1 is 0.972 bits per heavy atom. The molecule has 0 saturated carbocycles. The largest absolute Gasteiger partial charge is 0.488 e. The van der Waals surface area contributed by atoms with Crippen LogP contribution in [0.1, 0.15) is 32.0 Å². The van der Waals surface area contributed by atoms with Crippen LogP contribution >= 0.6 is 15.9 Å². The smallest absolute Gasteiger partial charge is 0.335 e. The number of rotatable bonds is 7. The Morgan fingerprint density at radius 2 is 1.78 bits per heavy atom. The van der Waals surface area contributed by atoms with Crippen LogP contribution in [0.3, 0.4) is 0 Å². The summed E-state index contributed by atoms with van der Waals surface area (Å²) in [5.41, 5.74) is 4.86. The molecule has 8 heteroatoms. The van der Waals surface area contributed by atoms with E-state index in [4.69, 9.17) is 14.3 Å². The van der Waals surface area contributed by atoms with E-state index in [1.165, 1.54) is 12.1 Å². The van der Waals surface area contributed by atoms with E-state index in [1.807, 2.05) is 48.5 Å². The van der Waals surface area contributed by atoms with Crippen LogP contribution < -0.4 is 10.2 Å². The van der Waals surface area contributed by atoms with Crippen LogP contribution in [0.5, 0.6) is 5.75 Å².